The molecule has 0 fully saturated rings. The van der Waals surface area contributed by atoms with Crippen LogP contribution in [0.2, 0.25) is 0 Å². The predicted octanol–water partition coefficient (Wildman–Crippen LogP) is 6.69. The van der Waals surface area contributed by atoms with Gasteiger partial charge in [0.1, 0.15) is 10.7 Å². The molecule has 156 valence electrons. The van der Waals surface area contributed by atoms with E-state index in [-0.39, 0.29) is 5.91 Å². The van der Waals surface area contributed by atoms with E-state index in [0.29, 0.717) is 20.9 Å². The summed E-state index contributed by atoms with van der Waals surface area (Å²) in [6.45, 7) is 4.35. The van der Waals surface area contributed by atoms with Gasteiger partial charge in [-0.25, -0.2) is 4.98 Å². The molecule has 2 N–H and O–H groups in total. The molecule has 0 saturated heterocycles. The highest BCUT2D eigenvalue weighted by Gasteiger charge is 2.16. The molecule has 1 amide bonds. The van der Waals surface area contributed by atoms with E-state index in [0.717, 1.165) is 16.8 Å². The number of hydrogen-bond donors (Lipinski definition) is 2. The van der Waals surface area contributed by atoms with Gasteiger partial charge in [-0.2, -0.15) is 5.10 Å². The Hall–Kier alpha value is -3.29. The van der Waals surface area contributed by atoms with E-state index in [1.807, 2.05) is 53.9 Å². The van der Waals surface area contributed by atoms with Crippen LogP contribution >= 0.6 is 22.7 Å². The van der Waals surface area contributed by atoms with Crippen LogP contribution in [0.25, 0.3) is 11.3 Å². The largest absolute Gasteiger partial charge is 0.311 e. The van der Waals surface area contributed by atoms with Gasteiger partial charge in [-0.15, -0.1) is 11.3 Å². The fourth-order valence-electron chi connectivity index (χ4n) is 2.95. The van der Waals surface area contributed by atoms with Gasteiger partial charge in [-0.1, -0.05) is 85.8 Å². The minimum absolute atomic E-state index is 0.142. The molecule has 7 heteroatoms. The number of thiophene rings is 1. The number of hydrogen-bond acceptors (Lipinski definition) is 6. The first-order chi connectivity index (χ1) is 15.1. The summed E-state index contributed by atoms with van der Waals surface area (Å²) in [6, 6.07) is 21.8. The number of rotatable bonds is 7. The van der Waals surface area contributed by atoms with Crippen molar-refractivity contribution in [3.63, 3.8) is 0 Å². The molecule has 0 unspecified atom stereocenters. The number of benzene rings is 2. The van der Waals surface area contributed by atoms with E-state index in [4.69, 9.17) is 0 Å². The lowest BCUT2D eigenvalue weighted by atomic mass is 10.0. The second-order valence-electron chi connectivity index (χ2n) is 7.19. The van der Waals surface area contributed by atoms with Crippen molar-refractivity contribution in [2.24, 2.45) is 5.10 Å². The maximum Gasteiger partial charge on any atom is 0.266 e. The van der Waals surface area contributed by atoms with Gasteiger partial charge in [-0.3, -0.25) is 10.2 Å². The Labute approximate surface area is 189 Å². The van der Waals surface area contributed by atoms with Gasteiger partial charge in [0, 0.05) is 5.56 Å². The van der Waals surface area contributed by atoms with Crippen LogP contribution in [0, 0.1) is 0 Å². The first-order valence-corrected chi connectivity index (χ1v) is 11.6. The average molecular weight is 447 g/mol. The Kier molecular flexibility index (Phi) is 6.54. The van der Waals surface area contributed by atoms with E-state index in [1.165, 1.54) is 28.2 Å². The Morgan fingerprint density at radius 2 is 1.81 bits per heavy atom. The lowest BCUT2D eigenvalue weighted by Crippen LogP contribution is -2.09. The van der Waals surface area contributed by atoms with Gasteiger partial charge >= 0.3 is 0 Å². The summed E-state index contributed by atoms with van der Waals surface area (Å²) >= 11 is 2.76. The Balaban J connectivity index is 1.53. The van der Waals surface area contributed by atoms with Crippen LogP contribution in [-0.4, -0.2) is 17.1 Å². The molecule has 0 atom stereocenters. The highest BCUT2D eigenvalue weighted by atomic mass is 32.1. The molecule has 2 heterocycles. The molecule has 0 aliphatic heterocycles. The summed E-state index contributed by atoms with van der Waals surface area (Å²) in [5, 5.41) is 10.5. The van der Waals surface area contributed by atoms with E-state index in [1.54, 1.807) is 12.3 Å². The van der Waals surface area contributed by atoms with Crippen LogP contribution in [0.3, 0.4) is 0 Å². The van der Waals surface area contributed by atoms with Crippen LogP contribution in [-0.2, 0) is 0 Å². The third-order valence-electron chi connectivity index (χ3n) is 4.62. The smallest absolute Gasteiger partial charge is 0.266 e. The number of amides is 1. The molecule has 2 aromatic carbocycles. The van der Waals surface area contributed by atoms with Crippen LogP contribution in [0.15, 0.2) is 77.2 Å². The first kappa shape index (κ1) is 21.0. The zero-order valence-corrected chi connectivity index (χ0v) is 18.8. The Morgan fingerprint density at radius 1 is 1.03 bits per heavy atom. The SMILES string of the molecule is CC(C)c1ccc(/C=N/Nc2nc(-c3ccccc3)c(NC(=O)c3cccs3)s2)cc1. The van der Waals surface area contributed by atoms with E-state index in [2.05, 4.69) is 46.8 Å². The molecule has 0 aliphatic rings. The summed E-state index contributed by atoms with van der Waals surface area (Å²) in [5.41, 5.74) is 6.94. The highest BCUT2D eigenvalue weighted by Crippen LogP contribution is 2.36. The van der Waals surface area contributed by atoms with Gasteiger partial charge in [0.05, 0.1) is 11.1 Å². The molecule has 0 bridgehead atoms. The summed E-state index contributed by atoms with van der Waals surface area (Å²) in [6.07, 6.45) is 1.76. The minimum atomic E-state index is -0.142. The van der Waals surface area contributed by atoms with Crippen LogP contribution < -0.4 is 10.7 Å². The zero-order chi connectivity index (χ0) is 21.6. The van der Waals surface area contributed by atoms with Gasteiger partial charge < -0.3 is 5.32 Å². The average Bonchev–Trinajstić information content (AvgIpc) is 3.45. The van der Waals surface area contributed by atoms with Gasteiger partial charge in [-0.05, 0) is 28.5 Å². The van der Waals surface area contributed by atoms with Crippen molar-refractivity contribution in [1.29, 1.82) is 0 Å². The van der Waals surface area contributed by atoms with Crippen molar-refractivity contribution < 1.29 is 4.79 Å². The lowest BCUT2D eigenvalue weighted by molar-refractivity contribution is 0.103. The van der Waals surface area contributed by atoms with Gasteiger partial charge in [0.15, 0.2) is 0 Å². The van der Waals surface area contributed by atoms with Crippen molar-refractivity contribution >= 4 is 44.9 Å². The maximum atomic E-state index is 12.6. The summed E-state index contributed by atoms with van der Waals surface area (Å²) in [4.78, 5) is 17.9. The minimum Gasteiger partial charge on any atom is -0.311 e. The third-order valence-corrected chi connectivity index (χ3v) is 6.37. The van der Waals surface area contributed by atoms with Crippen molar-refractivity contribution in [2.75, 3.05) is 10.7 Å². The molecule has 4 rings (SSSR count). The highest BCUT2D eigenvalue weighted by molar-refractivity contribution is 7.20. The van der Waals surface area contributed by atoms with Crippen LogP contribution in [0.1, 0.15) is 40.6 Å². The topological polar surface area (TPSA) is 66.4 Å². The fourth-order valence-corrected chi connectivity index (χ4v) is 4.40. The Morgan fingerprint density at radius 3 is 2.48 bits per heavy atom. The number of thiazole rings is 1. The molecule has 31 heavy (non-hydrogen) atoms. The van der Waals surface area contributed by atoms with Gasteiger partial charge in [0.2, 0.25) is 5.13 Å². The van der Waals surface area contributed by atoms with Crippen molar-refractivity contribution in [2.45, 2.75) is 19.8 Å². The molecule has 0 aliphatic carbocycles. The number of carbonyl (C=O) groups is 1. The first-order valence-electron chi connectivity index (χ1n) is 9.90. The predicted molar refractivity (Wildman–Crippen MR) is 132 cm³/mol. The molecule has 5 nitrogen and oxygen atoms in total. The molecular formula is C24H22N4OS2. The summed E-state index contributed by atoms with van der Waals surface area (Å²) in [5.74, 6) is 0.356. The van der Waals surface area contributed by atoms with E-state index in [9.17, 15) is 4.79 Å². The van der Waals surface area contributed by atoms with E-state index < -0.39 is 0 Å². The van der Waals surface area contributed by atoms with Crippen LogP contribution in [0.5, 0.6) is 0 Å². The second kappa shape index (κ2) is 9.68. The number of nitrogens with zero attached hydrogens (tertiary/aromatic N) is 2. The zero-order valence-electron chi connectivity index (χ0n) is 17.2. The second-order valence-corrected chi connectivity index (χ2v) is 9.13. The van der Waals surface area contributed by atoms with E-state index >= 15 is 0 Å². The molecule has 0 saturated carbocycles. The lowest BCUT2D eigenvalue weighted by Gasteiger charge is -2.04. The number of hydrazone groups is 1. The standard InChI is InChI=1S/C24H22N4OS2/c1-16(2)18-12-10-17(11-13-18)15-25-28-24-26-21(19-7-4-3-5-8-19)23(31-24)27-22(29)20-9-6-14-30-20/h3-16H,1-2H3,(H,26,28)(H,27,29)/b25-15+. The quantitative estimate of drug-likeness (QED) is 0.245. The monoisotopic (exact) mass is 446 g/mol. The van der Waals surface area contributed by atoms with Crippen molar-refractivity contribution in [3.05, 3.63) is 88.1 Å². The summed E-state index contributed by atoms with van der Waals surface area (Å²) < 4.78 is 0. The fraction of sp³-hybridized carbons (Fsp3) is 0.125. The van der Waals surface area contributed by atoms with Crippen molar-refractivity contribution in [3.8, 4) is 11.3 Å². The van der Waals surface area contributed by atoms with Gasteiger partial charge in [0.25, 0.3) is 5.91 Å². The Bertz CT molecular complexity index is 1160. The molecule has 4 aromatic rings. The maximum absolute atomic E-state index is 12.6. The molecule has 2 aromatic heterocycles. The van der Waals surface area contributed by atoms with Crippen molar-refractivity contribution in [1.82, 2.24) is 4.98 Å². The third kappa shape index (κ3) is 5.25. The number of anilines is 2. The summed E-state index contributed by atoms with van der Waals surface area (Å²) in [7, 11) is 0. The number of aromatic nitrogens is 1. The van der Waals surface area contributed by atoms with Crippen LogP contribution in [0.4, 0.5) is 10.1 Å². The molecule has 0 radical (unpaired) electrons. The molecular weight excluding hydrogens is 424 g/mol. The normalized spacial score (nSPS) is 11.2. The molecule has 0 spiro atoms. The number of nitrogens with one attached hydrogen (secondary N) is 2. The number of carbonyl (C=O) groups excluding carboxylic acids is 1.